The van der Waals surface area contributed by atoms with Gasteiger partial charge in [-0.25, -0.2) is 4.52 Å². The topological polar surface area (TPSA) is 17.3 Å². The van der Waals surface area contributed by atoms with Gasteiger partial charge in [0.25, 0.3) is 0 Å². The SMILES string of the molecule is Cc1nn2c(Cl)cccc2c1SC(F)(F)F. The highest BCUT2D eigenvalue weighted by Crippen LogP contribution is 2.40. The van der Waals surface area contributed by atoms with Crippen LogP contribution in [0.1, 0.15) is 5.69 Å². The Morgan fingerprint density at radius 2 is 2.06 bits per heavy atom. The zero-order valence-electron chi connectivity index (χ0n) is 8.05. The van der Waals surface area contributed by atoms with Crippen molar-refractivity contribution in [1.82, 2.24) is 9.61 Å². The second kappa shape index (κ2) is 3.85. The Hall–Kier alpha value is -0.880. The number of fused-ring (bicyclic) bond motifs is 1. The van der Waals surface area contributed by atoms with Gasteiger partial charge in [0.1, 0.15) is 5.15 Å². The number of aromatic nitrogens is 2. The van der Waals surface area contributed by atoms with Crippen molar-refractivity contribution in [3.8, 4) is 0 Å². The molecule has 7 heteroatoms. The van der Waals surface area contributed by atoms with Crippen LogP contribution < -0.4 is 0 Å². The van der Waals surface area contributed by atoms with Crippen molar-refractivity contribution in [1.29, 1.82) is 0 Å². The Bertz CT molecular complexity index is 535. The van der Waals surface area contributed by atoms with Gasteiger partial charge in [0, 0.05) is 0 Å². The molecule has 0 unspecified atom stereocenters. The van der Waals surface area contributed by atoms with E-state index in [0.717, 1.165) is 0 Å². The van der Waals surface area contributed by atoms with E-state index in [1.165, 1.54) is 11.4 Å². The first-order valence-electron chi connectivity index (χ1n) is 4.28. The number of alkyl halides is 3. The molecule has 16 heavy (non-hydrogen) atoms. The van der Waals surface area contributed by atoms with Crippen LogP contribution in [-0.2, 0) is 0 Å². The molecular weight excluding hydrogens is 261 g/mol. The quantitative estimate of drug-likeness (QED) is 0.575. The van der Waals surface area contributed by atoms with Crippen molar-refractivity contribution >= 4 is 28.9 Å². The summed E-state index contributed by atoms with van der Waals surface area (Å²) in [5, 5.41) is 4.25. The minimum atomic E-state index is -4.32. The van der Waals surface area contributed by atoms with Gasteiger partial charge in [0.15, 0.2) is 0 Å². The third-order valence-corrected chi connectivity index (χ3v) is 3.17. The van der Waals surface area contributed by atoms with Gasteiger partial charge in [-0.2, -0.15) is 18.3 Å². The summed E-state index contributed by atoms with van der Waals surface area (Å²) in [7, 11) is 0. The van der Waals surface area contributed by atoms with Crippen molar-refractivity contribution in [2.24, 2.45) is 0 Å². The second-order valence-electron chi connectivity index (χ2n) is 3.11. The molecule has 2 aromatic heterocycles. The highest BCUT2D eigenvalue weighted by molar-refractivity contribution is 8.00. The average Bonchev–Trinajstić information content (AvgIpc) is 2.44. The molecule has 0 spiro atoms. The number of pyridine rings is 1. The molecule has 0 aliphatic carbocycles. The Morgan fingerprint density at radius 3 is 2.69 bits per heavy atom. The van der Waals surface area contributed by atoms with E-state index in [1.54, 1.807) is 18.2 Å². The number of hydrogen-bond donors (Lipinski definition) is 0. The lowest BCUT2D eigenvalue weighted by atomic mass is 10.4. The summed E-state index contributed by atoms with van der Waals surface area (Å²) in [6.07, 6.45) is 0. The van der Waals surface area contributed by atoms with Crippen LogP contribution in [0.25, 0.3) is 5.52 Å². The third kappa shape index (κ3) is 2.12. The predicted molar refractivity (Wildman–Crippen MR) is 56.9 cm³/mol. The zero-order chi connectivity index (χ0) is 11.9. The Balaban J connectivity index is 2.61. The fraction of sp³-hybridized carbons (Fsp3) is 0.222. The minimum Gasteiger partial charge on any atom is -0.221 e. The summed E-state index contributed by atoms with van der Waals surface area (Å²) < 4.78 is 38.3. The van der Waals surface area contributed by atoms with E-state index in [4.69, 9.17) is 11.6 Å². The molecule has 2 heterocycles. The number of rotatable bonds is 1. The number of hydrogen-bond acceptors (Lipinski definition) is 2. The maximum atomic E-state index is 12.3. The molecule has 2 aromatic rings. The van der Waals surface area contributed by atoms with Gasteiger partial charge in [-0.3, -0.25) is 0 Å². The van der Waals surface area contributed by atoms with E-state index in [1.807, 2.05) is 0 Å². The molecule has 0 amide bonds. The number of aryl methyl sites for hydroxylation is 1. The predicted octanol–water partition coefficient (Wildman–Crippen LogP) is 3.91. The monoisotopic (exact) mass is 266 g/mol. The van der Waals surface area contributed by atoms with Crippen LogP contribution in [0, 0.1) is 6.92 Å². The third-order valence-electron chi connectivity index (χ3n) is 1.95. The van der Waals surface area contributed by atoms with Crippen LogP contribution in [0.15, 0.2) is 23.1 Å². The second-order valence-corrected chi connectivity index (χ2v) is 4.57. The molecule has 0 saturated heterocycles. The first kappa shape index (κ1) is 11.6. The van der Waals surface area contributed by atoms with Crippen LogP contribution >= 0.6 is 23.4 Å². The number of halogens is 4. The Morgan fingerprint density at radius 1 is 1.38 bits per heavy atom. The van der Waals surface area contributed by atoms with E-state index in [-0.39, 0.29) is 21.8 Å². The maximum Gasteiger partial charge on any atom is 0.446 e. The van der Waals surface area contributed by atoms with Gasteiger partial charge < -0.3 is 0 Å². The van der Waals surface area contributed by atoms with E-state index in [2.05, 4.69) is 5.10 Å². The normalized spacial score (nSPS) is 12.3. The molecule has 0 N–H and O–H groups in total. The lowest BCUT2D eigenvalue weighted by molar-refractivity contribution is -0.0327. The first-order valence-corrected chi connectivity index (χ1v) is 5.47. The van der Waals surface area contributed by atoms with Crippen LogP contribution in [0.3, 0.4) is 0 Å². The summed E-state index contributed by atoms with van der Waals surface area (Å²) in [6, 6.07) is 4.72. The largest absolute Gasteiger partial charge is 0.446 e. The Kier molecular flexibility index (Phi) is 2.79. The highest BCUT2D eigenvalue weighted by atomic mass is 35.5. The molecule has 0 aromatic carbocycles. The van der Waals surface area contributed by atoms with Gasteiger partial charge in [0.05, 0.1) is 16.1 Å². The maximum absolute atomic E-state index is 12.3. The zero-order valence-corrected chi connectivity index (χ0v) is 9.62. The van der Waals surface area contributed by atoms with E-state index in [0.29, 0.717) is 11.2 Å². The van der Waals surface area contributed by atoms with Crippen LogP contribution in [0.2, 0.25) is 5.15 Å². The van der Waals surface area contributed by atoms with E-state index >= 15 is 0 Å². The number of thioether (sulfide) groups is 1. The molecule has 2 nitrogen and oxygen atoms in total. The molecule has 0 aliphatic rings. The Labute approximate surface area is 98.4 Å². The summed E-state index contributed by atoms with van der Waals surface area (Å²) in [5.74, 6) is 0. The summed E-state index contributed by atoms with van der Waals surface area (Å²) in [6.45, 7) is 1.53. The van der Waals surface area contributed by atoms with Gasteiger partial charge in [-0.15, -0.1) is 0 Å². The first-order chi connectivity index (χ1) is 7.38. The fourth-order valence-corrected chi connectivity index (χ4v) is 2.25. The van der Waals surface area contributed by atoms with Crippen LogP contribution in [0.4, 0.5) is 13.2 Å². The summed E-state index contributed by atoms with van der Waals surface area (Å²) in [4.78, 5) is 0.0926. The van der Waals surface area contributed by atoms with Gasteiger partial charge >= 0.3 is 5.51 Å². The molecule has 0 fully saturated rings. The number of nitrogens with zero attached hydrogens (tertiary/aromatic N) is 2. The summed E-state index contributed by atoms with van der Waals surface area (Å²) >= 11 is 5.65. The molecule has 0 atom stereocenters. The van der Waals surface area contributed by atoms with Crippen molar-refractivity contribution in [3.05, 3.63) is 29.0 Å². The lowest BCUT2D eigenvalue weighted by Gasteiger charge is -2.04. The van der Waals surface area contributed by atoms with Crippen molar-refractivity contribution in [2.45, 2.75) is 17.3 Å². The van der Waals surface area contributed by atoms with E-state index < -0.39 is 5.51 Å². The van der Waals surface area contributed by atoms with Gasteiger partial charge in [0.2, 0.25) is 0 Å². The lowest BCUT2D eigenvalue weighted by Crippen LogP contribution is -1.99. The van der Waals surface area contributed by atoms with Crippen LogP contribution in [0.5, 0.6) is 0 Å². The van der Waals surface area contributed by atoms with Crippen LogP contribution in [-0.4, -0.2) is 15.1 Å². The molecule has 0 radical (unpaired) electrons. The van der Waals surface area contributed by atoms with E-state index in [9.17, 15) is 13.2 Å². The molecule has 0 saturated carbocycles. The van der Waals surface area contributed by atoms with Crippen molar-refractivity contribution in [2.75, 3.05) is 0 Å². The molecule has 2 rings (SSSR count). The van der Waals surface area contributed by atoms with Crippen molar-refractivity contribution in [3.63, 3.8) is 0 Å². The molecule has 0 aliphatic heterocycles. The highest BCUT2D eigenvalue weighted by Gasteiger charge is 2.32. The standard InChI is InChI=1S/C9H6ClF3N2S/c1-5-8(16-9(11,12)13)6-3-2-4-7(10)15(6)14-5/h2-4H,1H3. The smallest absolute Gasteiger partial charge is 0.221 e. The van der Waals surface area contributed by atoms with Gasteiger partial charge in [-0.05, 0) is 30.8 Å². The average molecular weight is 267 g/mol. The minimum absolute atomic E-state index is 0.0926. The van der Waals surface area contributed by atoms with Gasteiger partial charge in [-0.1, -0.05) is 17.7 Å². The summed E-state index contributed by atoms with van der Waals surface area (Å²) in [5.41, 5.74) is -3.64. The molecular formula is C9H6ClF3N2S. The molecule has 86 valence electrons. The fourth-order valence-electron chi connectivity index (χ4n) is 1.37. The van der Waals surface area contributed by atoms with Crippen molar-refractivity contribution < 1.29 is 13.2 Å². The molecule has 0 bridgehead atoms.